The van der Waals surface area contributed by atoms with Gasteiger partial charge in [-0.3, -0.25) is 4.79 Å². The van der Waals surface area contributed by atoms with Crippen LogP contribution in [0, 0.1) is 0 Å². The van der Waals surface area contributed by atoms with Gasteiger partial charge in [-0.05, 0) is 26.0 Å². The zero-order chi connectivity index (χ0) is 10.1. The van der Waals surface area contributed by atoms with Gasteiger partial charge in [0.05, 0.1) is 0 Å². The maximum atomic E-state index is 11.6. The number of amides is 1. The van der Waals surface area contributed by atoms with Crippen LogP contribution in [0.5, 0.6) is 0 Å². The zero-order valence-corrected chi connectivity index (χ0v) is 8.20. The third kappa shape index (κ3) is 2.01. The van der Waals surface area contributed by atoms with E-state index >= 15 is 0 Å². The Hall–Kier alpha value is -1.46. The largest absolute Gasteiger partial charge is 0.334 e. The molecule has 1 heterocycles. The van der Waals surface area contributed by atoms with E-state index in [9.17, 15) is 4.79 Å². The average Bonchev–Trinajstić information content (AvgIpc) is 2.51. The topological polar surface area (TPSA) is 74.8 Å². The Morgan fingerprint density at radius 2 is 2.08 bits per heavy atom. The first kappa shape index (κ1) is 9.63. The molecule has 0 fully saturated rings. The van der Waals surface area contributed by atoms with E-state index < -0.39 is 0 Å². The van der Waals surface area contributed by atoms with Crippen molar-refractivity contribution in [2.75, 3.05) is 7.05 Å². The fourth-order valence-electron chi connectivity index (χ4n) is 0.707. The lowest BCUT2D eigenvalue weighted by molar-refractivity contribution is 0.0643. The minimum Gasteiger partial charge on any atom is -0.334 e. The van der Waals surface area contributed by atoms with E-state index in [-0.39, 0.29) is 17.3 Å². The lowest BCUT2D eigenvalue weighted by Crippen LogP contribution is -2.42. The molecule has 0 saturated heterocycles. The molecule has 1 N–H and O–H groups in total. The van der Waals surface area contributed by atoms with Gasteiger partial charge in [-0.1, -0.05) is 0 Å². The van der Waals surface area contributed by atoms with Gasteiger partial charge in [0.1, 0.15) is 0 Å². The summed E-state index contributed by atoms with van der Waals surface area (Å²) in [5.74, 6) is -0.140. The van der Waals surface area contributed by atoms with Gasteiger partial charge in [-0.25, -0.2) is 0 Å². The van der Waals surface area contributed by atoms with Crippen LogP contribution in [0.3, 0.4) is 0 Å². The van der Waals surface area contributed by atoms with Crippen LogP contribution in [0.1, 0.15) is 31.4 Å². The van der Waals surface area contributed by atoms with Gasteiger partial charge < -0.3 is 4.90 Å². The first-order chi connectivity index (χ1) is 5.93. The molecule has 0 radical (unpaired) electrons. The third-order valence-corrected chi connectivity index (χ3v) is 1.85. The number of aromatic amines is 1. The van der Waals surface area contributed by atoms with Crippen LogP contribution >= 0.6 is 0 Å². The number of carbonyl (C=O) groups excluding carboxylic acids is 1. The quantitative estimate of drug-likeness (QED) is 0.668. The highest BCUT2D eigenvalue weighted by molar-refractivity contribution is 5.90. The second-order valence-corrected chi connectivity index (χ2v) is 3.77. The molecule has 0 aliphatic heterocycles. The summed E-state index contributed by atoms with van der Waals surface area (Å²) >= 11 is 0. The number of aromatic nitrogens is 4. The number of H-pyrrole nitrogens is 1. The molecular formula is C7H13N5O. The second kappa shape index (κ2) is 3.12. The van der Waals surface area contributed by atoms with Gasteiger partial charge in [0.2, 0.25) is 0 Å². The van der Waals surface area contributed by atoms with Gasteiger partial charge in [-0.15, -0.1) is 10.2 Å². The van der Waals surface area contributed by atoms with Crippen molar-refractivity contribution in [3.8, 4) is 0 Å². The Morgan fingerprint density at radius 1 is 1.46 bits per heavy atom. The van der Waals surface area contributed by atoms with Crippen LogP contribution in [0.2, 0.25) is 0 Å². The van der Waals surface area contributed by atoms with Crippen molar-refractivity contribution in [2.45, 2.75) is 26.3 Å². The lowest BCUT2D eigenvalue weighted by atomic mass is 10.1. The van der Waals surface area contributed by atoms with E-state index in [1.54, 1.807) is 11.9 Å². The minimum atomic E-state index is -0.238. The van der Waals surface area contributed by atoms with Gasteiger partial charge >= 0.3 is 0 Å². The van der Waals surface area contributed by atoms with E-state index in [0.29, 0.717) is 0 Å². The molecule has 1 aromatic heterocycles. The molecular weight excluding hydrogens is 170 g/mol. The van der Waals surface area contributed by atoms with Crippen molar-refractivity contribution in [3.05, 3.63) is 5.82 Å². The summed E-state index contributed by atoms with van der Waals surface area (Å²) in [5.41, 5.74) is -0.238. The van der Waals surface area contributed by atoms with Gasteiger partial charge in [0, 0.05) is 12.6 Å². The molecule has 6 nitrogen and oxygen atoms in total. The average molecular weight is 183 g/mol. The summed E-state index contributed by atoms with van der Waals surface area (Å²) in [7, 11) is 1.71. The highest BCUT2D eigenvalue weighted by atomic mass is 16.2. The number of carbonyl (C=O) groups is 1. The monoisotopic (exact) mass is 183 g/mol. The second-order valence-electron chi connectivity index (χ2n) is 3.77. The van der Waals surface area contributed by atoms with Crippen LogP contribution in [0.25, 0.3) is 0 Å². The fourth-order valence-corrected chi connectivity index (χ4v) is 0.707. The van der Waals surface area contributed by atoms with Crippen molar-refractivity contribution < 1.29 is 4.79 Å². The van der Waals surface area contributed by atoms with Crippen LogP contribution in [0.4, 0.5) is 0 Å². The maximum absolute atomic E-state index is 11.6. The van der Waals surface area contributed by atoms with E-state index in [2.05, 4.69) is 20.6 Å². The standard InChI is InChI=1S/C7H13N5O/c1-7(2,3)12(4)6(13)5-8-10-11-9-5/h1-4H3,(H,8,9,10,11). The van der Waals surface area contributed by atoms with Gasteiger partial charge in [0.15, 0.2) is 0 Å². The summed E-state index contributed by atoms with van der Waals surface area (Å²) < 4.78 is 0. The molecule has 0 atom stereocenters. The van der Waals surface area contributed by atoms with Crippen molar-refractivity contribution in [1.29, 1.82) is 0 Å². The van der Waals surface area contributed by atoms with E-state index in [1.165, 1.54) is 0 Å². The molecule has 1 amide bonds. The number of rotatable bonds is 1. The molecule has 1 rings (SSSR count). The summed E-state index contributed by atoms with van der Waals surface area (Å²) in [6.45, 7) is 5.81. The minimum absolute atomic E-state index is 0.0948. The fraction of sp³-hybridized carbons (Fsp3) is 0.714. The Morgan fingerprint density at radius 3 is 2.46 bits per heavy atom. The molecule has 13 heavy (non-hydrogen) atoms. The van der Waals surface area contributed by atoms with Crippen molar-refractivity contribution in [2.24, 2.45) is 0 Å². The number of nitrogens with zero attached hydrogens (tertiary/aromatic N) is 4. The molecule has 0 aliphatic carbocycles. The molecule has 72 valence electrons. The Kier molecular flexibility index (Phi) is 2.31. The molecule has 0 saturated carbocycles. The van der Waals surface area contributed by atoms with Gasteiger partial charge in [-0.2, -0.15) is 5.21 Å². The van der Waals surface area contributed by atoms with E-state index in [0.717, 1.165) is 0 Å². The highest BCUT2D eigenvalue weighted by Crippen LogP contribution is 2.12. The van der Waals surface area contributed by atoms with Crippen molar-refractivity contribution in [1.82, 2.24) is 25.5 Å². The maximum Gasteiger partial charge on any atom is 0.295 e. The summed E-state index contributed by atoms with van der Waals surface area (Å²) in [5, 5.41) is 12.8. The van der Waals surface area contributed by atoms with Crippen molar-refractivity contribution >= 4 is 5.91 Å². The van der Waals surface area contributed by atoms with E-state index in [1.807, 2.05) is 20.8 Å². The van der Waals surface area contributed by atoms with Crippen LogP contribution in [-0.2, 0) is 0 Å². The van der Waals surface area contributed by atoms with Crippen LogP contribution in [0.15, 0.2) is 0 Å². The lowest BCUT2D eigenvalue weighted by Gasteiger charge is -2.30. The number of nitrogens with one attached hydrogen (secondary N) is 1. The van der Waals surface area contributed by atoms with Crippen LogP contribution in [-0.4, -0.2) is 44.0 Å². The summed E-state index contributed by atoms with van der Waals surface area (Å²) in [6, 6.07) is 0. The number of hydrogen-bond donors (Lipinski definition) is 1. The van der Waals surface area contributed by atoms with Crippen LogP contribution < -0.4 is 0 Å². The molecule has 0 bridgehead atoms. The first-order valence-corrected chi connectivity index (χ1v) is 3.94. The highest BCUT2D eigenvalue weighted by Gasteiger charge is 2.25. The molecule has 0 aliphatic rings. The van der Waals surface area contributed by atoms with Crippen molar-refractivity contribution in [3.63, 3.8) is 0 Å². The number of hydrogen-bond acceptors (Lipinski definition) is 4. The Bertz CT molecular complexity index is 286. The normalized spacial score (nSPS) is 11.4. The molecule has 6 heteroatoms. The zero-order valence-electron chi connectivity index (χ0n) is 8.20. The van der Waals surface area contributed by atoms with Gasteiger partial charge in [0.25, 0.3) is 11.7 Å². The molecule has 0 spiro atoms. The smallest absolute Gasteiger partial charge is 0.295 e. The SMILES string of the molecule is CN(C(=O)c1nn[nH]n1)C(C)(C)C. The molecule has 0 unspecified atom stereocenters. The Balaban J connectivity index is 2.81. The number of tetrazole rings is 1. The predicted molar refractivity (Wildman–Crippen MR) is 46.0 cm³/mol. The third-order valence-electron chi connectivity index (χ3n) is 1.85. The predicted octanol–water partition coefficient (Wildman–Crippen LogP) is 0.0702. The first-order valence-electron chi connectivity index (χ1n) is 3.94. The molecule has 1 aromatic rings. The summed E-state index contributed by atoms with van der Waals surface area (Å²) in [6.07, 6.45) is 0. The molecule has 0 aromatic carbocycles. The van der Waals surface area contributed by atoms with E-state index in [4.69, 9.17) is 0 Å². The summed E-state index contributed by atoms with van der Waals surface area (Å²) in [4.78, 5) is 13.2. The Labute approximate surface area is 76.3 Å².